The number of nitrogens with one attached hydrogen (secondary N) is 1. The molecule has 1 unspecified atom stereocenters. The van der Waals surface area contributed by atoms with E-state index in [4.69, 9.17) is 27.9 Å². The summed E-state index contributed by atoms with van der Waals surface area (Å²) in [6.45, 7) is 0.471. The maximum absolute atomic E-state index is 11.8. The Kier molecular flexibility index (Phi) is 7.09. The van der Waals surface area contributed by atoms with Gasteiger partial charge in [-0.05, 0) is 24.1 Å². The van der Waals surface area contributed by atoms with Crippen molar-refractivity contribution in [3.05, 3.63) is 34.9 Å². The number of methoxy groups -OCH3 is 1. The average Bonchev–Trinajstić information content (AvgIpc) is 2.33. The smallest absolute Gasteiger partial charge is 0.224 e. The molecular formula is C13H17Cl2NO2. The van der Waals surface area contributed by atoms with Gasteiger partial charge in [-0.2, -0.15) is 0 Å². The monoisotopic (exact) mass is 289 g/mol. The molecular weight excluding hydrogens is 273 g/mol. The maximum atomic E-state index is 11.8. The highest BCUT2D eigenvalue weighted by Crippen LogP contribution is 2.10. The lowest BCUT2D eigenvalue weighted by atomic mass is 10.1. The summed E-state index contributed by atoms with van der Waals surface area (Å²) >= 11 is 11.5. The molecule has 0 bridgehead atoms. The van der Waals surface area contributed by atoms with Gasteiger partial charge in [-0.3, -0.25) is 4.79 Å². The molecule has 5 heteroatoms. The van der Waals surface area contributed by atoms with Crippen LogP contribution in [0.15, 0.2) is 24.3 Å². The molecule has 0 aliphatic rings. The number of alkyl halides is 1. The van der Waals surface area contributed by atoms with Crippen LogP contribution in [0.2, 0.25) is 5.02 Å². The van der Waals surface area contributed by atoms with Crippen molar-refractivity contribution in [3.63, 3.8) is 0 Å². The molecule has 0 fully saturated rings. The van der Waals surface area contributed by atoms with E-state index in [1.807, 2.05) is 12.1 Å². The van der Waals surface area contributed by atoms with Crippen molar-refractivity contribution in [2.45, 2.75) is 18.9 Å². The first kappa shape index (κ1) is 15.3. The zero-order chi connectivity index (χ0) is 13.4. The Hall–Kier alpha value is -0.770. The third-order valence-corrected chi connectivity index (χ3v) is 2.94. The molecule has 0 spiro atoms. The molecule has 1 N–H and O–H groups in total. The molecule has 1 rings (SSSR count). The normalized spacial score (nSPS) is 12.2. The van der Waals surface area contributed by atoms with Crippen LogP contribution in [0, 0.1) is 0 Å². The molecule has 1 aromatic rings. The summed E-state index contributed by atoms with van der Waals surface area (Å²) in [6.07, 6.45) is 1.03. The van der Waals surface area contributed by atoms with Crippen LogP contribution in [-0.2, 0) is 16.0 Å². The highest BCUT2D eigenvalue weighted by Gasteiger charge is 2.11. The van der Waals surface area contributed by atoms with Gasteiger partial charge in [-0.1, -0.05) is 23.7 Å². The van der Waals surface area contributed by atoms with Crippen molar-refractivity contribution in [2.24, 2.45) is 0 Å². The summed E-state index contributed by atoms with van der Waals surface area (Å²) in [5.74, 6) is 0.458. The molecule has 0 aliphatic heterocycles. The highest BCUT2D eigenvalue weighted by atomic mass is 35.5. The molecule has 1 aromatic carbocycles. The van der Waals surface area contributed by atoms with Crippen LogP contribution in [0.5, 0.6) is 0 Å². The quantitative estimate of drug-likeness (QED) is 0.784. The number of halogens is 2. The molecule has 0 heterocycles. The number of carbonyl (C=O) groups excluding carboxylic acids is 1. The van der Waals surface area contributed by atoms with Crippen LogP contribution < -0.4 is 5.32 Å². The number of carbonyl (C=O) groups is 1. The summed E-state index contributed by atoms with van der Waals surface area (Å²) < 4.78 is 5.03. The van der Waals surface area contributed by atoms with E-state index in [9.17, 15) is 4.79 Å². The molecule has 0 saturated heterocycles. The molecule has 0 aromatic heterocycles. The second kappa shape index (κ2) is 8.35. The van der Waals surface area contributed by atoms with E-state index in [-0.39, 0.29) is 11.9 Å². The van der Waals surface area contributed by atoms with Crippen molar-refractivity contribution in [3.8, 4) is 0 Å². The number of benzene rings is 1. The SMILES string of the molecule is COCC(CCCl)NC(=O)Cc1ccc(Cl)cc1. The zero-order valence-corrected chi connectivity index (χ0v) is 11.8. The number of ether oxygens (including phenoxy) is 1. The fraction of sp³-hybridized carbons (Fsp3) is 0.462. The molecule has 0 saturated carbocycles. The van der Waals surface area contributed by atoms with E-state index in [2.05, 4.69) is 5.32 Å². The Morgan fingerprint density at radius 2 is 2.06 bits per heavy atom. The molecule has 1 atom stereocenters. The maximum Gasteiger partial charge on any atom is 0.224 e. The van der Waals surface area contributed by atoms with Gasteiger partial charge in [-0.15, -0.1) is 11.6 Å². The second-order valence-corrected chi connectivity index (χ2v) is 4.82. The summed E-state index contributed by atoms with van der Waals surface area (Å²) in [7, 11) is 1.60. The topological polar surface area (TPSA) is 38.3 Å². The van der Waals surface area contributed by atoms with Crippen LogP contribution in [0.3, 0.4) is 0 Å². The van der Waals surface area contributed by atoms with Crippen LogP contribution in [0.4, 0.5) is 0 Å². The Labute approximate surface area is 117 Å². The van der Waals surface area contributed by atoms with E-state index in [0.717, 1.165) is 5.56 Å². The Balaban J connectivity index is 2.46. The Bertz CT molecular complexity index is 362. The lowest BCUT2D eigenvalue weighted by Crippen LogP contribution is -2.39. The molecule has 100 valence electrons. The lowest BCUT2D eigenvalue weighted by molar-refractivity contribution is -0.121. The lowest BCUT2D eigenvalue weighted by Gasteiger charge is -2.16. The average molecular weight is 290 g/mol. The van der Waals surface area contributed by atoms with Gasteiger partial charge >= 0.3 is 0 Å². The molecule has 3 nitrogen and oxygen atoms in total. The van der Waals surface area contributed by atoms with Gasteiger partial charge < -0.3 is 10.1 Å². The molecule has 1 amide bonds. The van der Waals surface area contributed by atoms with Crippen molar-refractivity contribution < 1.29 is 9.53 Å². The minimum absolute atomic E-state index is 0.0349. The predicted molar refractivity (Wildman–Crippen MR) is 74.3 cm³/mol. The molecule has 18 heavy (non-hydrogen) atoms. The van der Waals surface area contributed by atoms with Gasteiger partial charge in [-0.25, -0.2) is 0 Å². The minimum atomic E-state index is -0.0375. The predicted octanol–water partition coefficient (Wildman–Crippen LogP) is 2.64. The molecule has 0 radical (unpaired) electrons. The van der Waals surface area contributed by atoms with E-state index in [1.54, 1.807) is 19.2 Å². The van der Waals surface area contributed by atoms with Gasteiger partial charge in [0.05, 0.1) is 19.1 Å². The number of hydrogen-bond donors (Lipinski definition) is 1. The Morgan fingerprint density at radius 1 is 1.39 bits per heavy atom. The standard InChI is InChI=1S/C13H17Cl2NO2/c1-18-9-12(6-7-14)16-13(17)8-10-2-4-11(15)5-3-10/h2-5,12H,6-9H2,1H3,(H,16,17). The third-order valence-electron chi connectivity index (χ3n) is 2.47. The van der Waals surface area contributed by atoms with Crippen molar-refractivity contribution in [1.29, 1.82) is 0 Å². The first-order valence-electron chi connectivity index (χ1n) is 5.74. The van der Waals surface area contributed by atoms with E-state index < -0.39 is 0 Å². The first-order chi connectivity index (χ1) is 8.65. The van der Waals surface area contributed by atoms with Crippen LogP contribution in [0.1, 0.15) is 12.0 Å². The fourth-order valence-electron chi connectivity index (χ4n) is 1.60. The summed E-state index contributed by atoms with van der Waals surface area (Å²) in [5.41, 5.74) is 0.930. The summed E-state index contributed by atoms with van der Waals surface area (Å²) in [5, 5.41) is 3.57. The van der Waals surface area contributed by atoms with E-state index in [1.165, 1.54) is 0 Å². The fourth-order valence-corrected chi connectivity index (χ4v) is 1.99. The van der Waals surface area contributed by atoms with Gasteiger partial charge in [0.15, 0.2) is 0 Å². The second-order valence-electron chi connectivity index (χ2n) is 4.00. The minimum Gasteiger partial charge on any atom is -0.383 e. The summed E-state index contributed by atoms with van der Waals surface area (Å²) in [4.78, 5) is 11.8. The third kappa shape index (κ3) is 5.71. The van der Waals surface area contributed by atoms with E-state index >= 15 is 0 Å². The van der Waals surface area contributed by atoms with Crippen molar-refractivity contribution in [1.82, 2.24) is 5.32 Å². The van der Waals surface area contributed by atoms with Gasteiger partial charge in [0.1, 0.15) is 0 Å². The Morgan fingerprint density at radius 3 is 2.61 bits per heavy atom. The van der Waals surface area contributed by atoms with Crippen molar-refractivity contribution >= 4 is 29.1 Å². The first-order valence-corrected chi connectivity index (χ1v) is 6.65. The largest absolute Gasteiger partial charge is 0.383 e. The van der Waals surface area contributed by atoms with Crippen molar-refractivity contribution in [2.75, 3.05) is 19.6 Å². The summed E-state index contributed by atoms with van der Waals surface area (Å²) in [6, 6.07) is 7.20. The number of hydrogen-bond acceptors (Lipinski definition) is 2. The van der Waals surface area contributed by atoms with Crippen LogP contribution in [0.25, 0.3) is 0 Å². The van der Waals surface area contributed by atoms with Gasteiger partial charge in [0, 0.05) is 18.0 Å². The van der Waals surface area contributed by atoms with E-state index in [0.29, 0.717) is 30.4 Å². The van der Waals surface area contributed by atoms with Gasteiger partial charge in [0.2, 0.25) is 5.91 Å². The highest BCUT2D eigenvalue weighted by molar-refractivity contribution is 6.30. The van der Waals surface area contributed by atoms with Gasteiger partial charge in [0.25, 0.3) is 0 Å². The number of amides is 1. The zero-order valence-electron chi connectivity index (χ0n) is 10.3. The van der Waals surface area contributed by atoms with Crippen LogP contribution >= 0.6 is 23.2 Å². The van der Waals surface area contributed by atoms with Crippen LogP contribution in [-0.4, -0.2) is 31.5 Å². The molecule has 0 aliphatic carbocycles. The number of rotatable bonds is 7.